The average Bonchev–Trinajstić information content (AvgIpc) is 2.64. The van der Waals surface area contributed by atoms with Crippen molar-refractivity contribution in [2.75, 3.05) is 7.11 Å². The first-order chi connectivity index (χ1) is 7.22. The van der Waals surface area contributed by atoms with Gasteiger partial charge in [0.25, 0.3) is 0 Å². The first-order valence-electron chi connectivity index (χ1n) is 4.74. The lowest BCUT2D eigenvalue weighted by molar-refractivity contribution is -0.141. The Morgan fingerprint density at radius 1 is 1.53 bits per heavy atom. The lowest BCUT2D eigenvalue weighted by Gasteiger charge is -2.15. The van der Waals surface area contributed by atoms with Crippen molar-refractivity contribution in [2.45, 2.75) is 18.9 Å². The van der Waals surface area contributed by atoms with Crippen LogP contribution in [0.5, 0.6) is 5.75 Å². The number of hydrogen-bond acceptors (Lipinski definition) is 3. The summed E-state index contributed by atoms with van der Waals surface area (Å²) in [4.78, 5) is 11.0. The Morgan fingerprint density at radius 2 is 2.33 bits per heavy atom. The molecular weight excluding hydrogens is 216 g/mol. The molecule has 0 bridgehead atoms. The quantitative estimate of drug-likeness (QED) is 0.728. The third kappa shape index (κ3) is 1.92. The van der Waals surface area contributed by atoms with Gasteiger partial charge in [-0.3, -0.25) is 4.79 Å². The number of benzene rings is 1. The van der Waals surface area contributed by atoms with Gasteiger partial charge in [-0.15, -0.1) is 0 Å². The second kappa shape index (κ2) is 4.11. The van der Waals surface area contributed by atoms with Crippen LogP contribution in [-0.2, 0) is 9.53 Å². The summed E-state index contributed by atoms with van der Waals surface area (Å²) in [6.45, 7) is 0. The van der Waals surface area contributed by atoms with Crippen LogP contribution in [0.2, 0.25) is 5.02 Å². The summed E-state index contributed by atoms with van der Waals surface area (Å²) >= 11 is 6.06. The van der Waals surface area contributed by atoms with Crippen molar-refractivity contribution in [2.24, 2.45) is 0 Å². The van der Waals surface area contributed by atoms with Crippen molar-refractivity contribution in [1.82, 2.24) is 0 Å². The molecule has 1 unspecified atom stereocenters. The van der Waals surface area contributed by atoms with Crippen molar-refractivity contribution in [1.29, 1.82) is 0 Å². The van der Waals surface area contributed by atoms with E-state index in [4.69, 9.17) is 21.1 Å². The number of rotatable bonds is 2. The average molecular weight is 227 g/mol. The van der Waals surface area contributed by atoms with E-state index in [0.717, 1.165) is 5.56 Å². The highest BCUT2D eigenvalue weighted by Gasteiger charge is 2.29. The molecule has 0 amide bonds. The summed E-state index contributed by atoms with van der Waals surface area (Å²) in [5.74, 6) is 0.490. The van der Waals surface area contributed by atoms with Gasteiger partial charge in [0.15, 0.2) is 0 Å². The predicted octanol–water partition coefficient (Wildman–Crippen LogP) is 2.73. The lowest BCUT2D eigenvalue weighted by atomic mass is 10.1. The maximum atomic E-state index is 11.0. The monoisotopic (exact) mass is 226 g/mol. The first-order valence-corrected chi connectivity index (χ1v) is 5.12. The van der Waals surface area contributed by atoms with E-state index in [2.05, 4.69) is 0 Å². The Balaban J connectivity index is 2.37. The summed E-state index contributed by atoms with van der Waals surface area (Å²) in [7, 11) is 1.58. The number of ether oxygens (including phenoxy) is 2. The van der Waals surface area contributed by atoms with E-state index in [0.29, 0.717) is 23.6 Å². The van der Waals surface area contributed by atoms with Gasteiger partial charge in [-0.2, -0.15) is 0 Å². The van der Waals surface area contributed by atoms with Crippen LogP contribution in [0.3, 0.4) is 0 Å². The number of halogens is 1. The van der Waals surface area contributed by atoms with Crippen LogP contribution < -0.4 is 4.74 Å². The van der Waals surface area contributed by atoms with E-state index in [-0.39, 0.29) is 12.1 Å². The van der Waals surface area contributed by atoms with Gasteiger partial charge in [-0.1, -0.05) is 17.7 Å². The molecule has 1 saturated heterocycles. The van der Waals surface area contributed by atoms with E-state index < -0.39 is 0 Å². The number of carbonyl (C=O) groups is 1. The summed E-state index contributed by atoms with van der Waals surface area (Å²) in [5, 5.41) is 0.578. The van der Waals surface area contributed by atoms with Crippen LogP contribution >= 0.6 is 11.6 Å². The van der Waals surface area contributed by atoms with Crippen molar-refractivity contribution in [3.63, 3.8) is 0 Å². The zero-order valence-corrected chi connectivity index (χ0v) is 9.08. The third-order valence-electron chi connectivity index (χ3n) is 2.44. The molecule has 4 heteroatoms. The highest BCUT2D eigenvalue weighted by Crippen LogP contribution is 2.39. The molecule has 1 aliphatic heterocycles. The Hall–Kier alpha value is -1.22. The van der Waals surface area contributed by atoms with E-state index in [9.17, 15) is 4.79 Å². The number of methoxy groups -OCH3 is 1. The maximum Gasteiger partial charge on any atom is 0.306 e. The Bertz CT molecular complexity index is 389. The van der Waals surface area contributed by atoms with Gasteiger partial charge in [0.2, 0.25) is 0 Å². The second-order valence-electron chi connectivity index (χ2n) is 3.37. The Morgan fingerprint density at radius 3 is 2.93 bits per heavy atom. The van der Waals surface area contributed by atoms with E-state index in [1.54, 1.807) is 19.2 Å². The molecule has 1 aromatic rings. The fourth-order valence-electron chi connectivity index (χ4n) is 1.74. The Labute approximate surface area is 92.9 Å². The fourth-order valence-corrected chi connectivity index (χ4v) is 2.02. The second-order valence-corrected chi connectivity index (χ2v) is 3.78. The maximum absolute atomic E-state index is 11.0. The summed E-state index contributed by atoms with van der Waals surface area (Å²) in [6, 6.07) is 5.39. The molecule has 3 nitrogen and oxygen atoms in total. The molecule has 0 radical (unpaired) electrons. The molecule has 0 saturated carbocycles. The van der Waals surface area contributed by atoms with Gasteiger partial charge < -0.3 is 9.47 Å². The molecule has 0 spiro atoms. The number of cyclic esters (lactones) is 1. The molecule has 0 aromatic heterocycles. The van der Waals surface area contributed by atoms with E-state index >= 15 is 0 Å². The summed E-state index contributed by atoms with van der Waals surface area (Å²) < 4.78 is 10.4. The Kier molecular flexibility index (Phi) is 2.82. The van der Waals surface area contributed by atoms with Crippen LogP contribution in [-0.4, -0.2) is 13.1 Å². The smallest absolute Gasteiger partial charge is 0.306 e. The molecule has 1 atom stereocenters. The van der Waals surface area contributed by atoms with Gasteiger partial charge in [0, 0.05) is 6.42 Å². The molecule has 1 heterocycles. The van der Waals surface area contributed by atoms with E-state index in [1.165, 1.54) is 0 Å². The minimum atomic E-state index is -0.263. The van der Waals surface area contributed by atoms with Crippen molar-refractivity contribution in [3.8, 4) is 5.75 Å². The summed E-state index contributed by atoms with van der Waals surface area (Å²) in [5.41, 5.74) is 0.771. The highest BCUT2D eigenvalue weighted by molar-refractivity contribution is 6.31. The normalized spacial score (nSPS) is 20.1. The van der Waals surface area contributed by atoms with Gasteiger partial charge in [0.05, 0.1) is 17.7 Å². The zero-order chi connectivity index (χ0) is 10.8. The number of esters is 1. The van der Waals surface area contributed by atoms with Crippen LogP contribution in [0.1, 0.15) is 24.5 Å². The van der Waals surface area contributed by atoms with Crippen LogP contribution in [0.4, 0.5) is 0 Å². The number of hydrogen-bond donors (Lipinski definition) is 0. The standard InChI is InChI=1S/C11H11ClO3/c1-14-8-4-2-3-7(12)11(8)9-5-6-10(13)15-9/h2-4,9H,5-6H2,1H3. The van der Waals surface area contributed by atoms with Gasteiger partial charge >= 0.3 is 5.97 Å². The largest absolute Gasteiger partial charge is 0.496 e. The molecule has 0 aliphatic carbocycles. The molecule has 1 aliphatic rings. The van der Waals surface area contributed by atoms with Crippen LogP contribution in [0.25, 0.3) is 0 Å². The van der Waals surface area contributed by atoms with Crippen molar-refractivity contribution >= 4 is 17.6 Å². The molecule has 2 rings (SSSR count). The molecule has 1 fully saturated rings. The van der Waals surface area contributed by atoms with Crippen molar-refractivity contribution in [3.05, 3.63) is 28.8 Å². The minimum Gasteiger partial charge on any atom is -0.496 e. The minimum absolute atomic E-state index is 0.179. The van der Waals surface area contributed by atoms with Crippen LogP contribution in [0.15, 0.2) is 18.2 Å². The molecule has 15 heavy (non-hydrogen) atoms. The molecule has 80 valence electrons. The highest BCUT2D eigenvalue weighted by atomic mass is 35.5. The third-order valence-corrected chi connectivity index (χ3v) is 2.77. The van der Waals surface area contributed by atoms with Gasteiger partial charge in [-0.25, -0.2) is 0 Å². The first kappa shape index (κ1) is 10.3. The topological polar surface area (TPSA) is 35.5 Å². The number of carbonyl (C=O) groups excluding carboxylic acids is 1. The van der Waals surface area contributed by atoms with Crippen molar-refractivity contribution < 1.29 is 14.3 Å². The molecule has 0 N–H and O–H groups in total. The fraction of sp³-hybridized carbons (Fsp3) is 0.364. The SMILES string of the molecule is COc1cccc(Cl)c1C1CCC(=O)O1. The van der Waals surface area contributed by atoms with Gasteiger partial charge in [0.1, 0.15) is 11.9 Å². The molecular formula is C11H11ClO3. The predicted molar refractivity (Wildman–Crippen MR) is 56.1 cm³/mol. The van der Waals surface area contributed by atoms with Crippen LogP contribution in [0, 0.1) is 0 Å². The molecule has 1 aromatic carbocycles. The lowest BCUT2D eigenvalue weighted by Crippen LogP contribution is -2.02. The summed E-state index contributed by atoms with van der Waals surface area (Å²) in [6.07, 6.45) is 0.846. The zero-order valence-electron chi connectivity index (χ0n) is 8.33. The van der Waals surface area contributed by atoms with E-state index in [1.807, 2.05) is 6.07 Å². The van der Waals surface area contributed by atoms with Gasteiger partial charge in [-0.05, 0) is 18.6 Å².